The van der Waals surface area contributed by atoms with E-state index in [1.54, 1.807) is 7.11 Å². The number of methoxy groups -OCH3 is 1. The number of aryl methyl sites for hydroxylation is 1. The molecule has 106 valence electrons. The first-order valence-electron chi connectivity index (χ1n) is 7.26. The van der Waals surface area contributed by atoms with E-state index in [4.69, 9.17) is 10.5 Å². The number of rotatable bonds is 5. The smallest absolute Gasteiger partial charge is 0.123 e. The van der Waals surface area contributed by atoms with E-state index in [9.17, 15) is 0 Å². The summed E-state index contributed by atoms with van der Waals surface area (Å²) in [5, 5.41) is 0. The molecule has 0 bridgehead atoms. The lowest BCUT2D eigenvalue weighted by molar-refractivity contribution is 0.298. The maximum Gasteiger partial charge on any atom is 0.123 e. The highest BCUT2D eigenvalue weighted by Gasteiger charge is 2.23. The first-order chi connectivity index (χ1) is 9.13. The number of hydrogen-bond donors (Lipinski definition) is 1. The van der Waals surface area contributed by atoms with Crippen LogP contribution >= 0.6 is 0 Å². The lowest BCUT2D eigenvalue weighted by atomic mass is 10.0. The summed E-state index contributed by atoms with van der Waals surface area (Å²) in [5.74, 6) is 1.76. The third-order valence-corrected chi connectivity index (χ3v) is 4.19. The zero-order valence-electron chi connectivity index (χ0n) is 12.4. The molecule has 0 saturated carbocycles. The number of likely N-dealkylation sites (tertiary alicyclic amines) is 1. The largest absolute Gasteiger partial charge is 0.496 e. The Morgan fingerprint density at radius 3 is 2.89 bits per heavy atom. The number of benzene rings is 1. The van der Waals surface area contributed by atoms with Crippen LogP contribution < -0.4 is 10.5 Å². The Balaban J connectivity index is 2.03. The summed E-state index contributed by atoms with van der Waals surface area (Å²) in [6.45, 7) is 7.67. The van der Waals surface area contributed by atoms with E-state index < -0.39 is 0 Å². The van der Waals surface area contributed by atoms with Crippen molar-refractivity contribution < 1.29 is 4.74 Å². The minimum Gasteiger partial charge on any atom is -0.496 e. The molecule has 1 aliphatic rings. The topological polar surface area (TPSA) is 38.5 Å². The van der Waals surface area contributed by atoms with Crippen molar-refractivity contribution in [3.63, 3.8) is 0 Å². The zero-order valence-corrected chi connectivity index (χ0v) is 12.4. The van der Waals surface area contributed by atoms with E-state index >= 15 is 0 Å². The summed E-state index contributed by atoms with van der Waals surface area (Å²) < 4.78 is 5.43. The highest BCUT2D eigenvalue weighted by atomic mass is 16.5. The highest BCUT2D eigenvalue weighted by molar-refractivity contribution is 5.39. The maximum absolute atomic E-state index is 6.39. The molecular formula is C16H26N2O. The van der Waals surface area contributed by atoms with E-state index in [1.165, 1.54) is 31.5 Å². The van der Waals surface area contributed by atoms with Gasteiger partial charge in [0.15, 0.2) is 0 Å². The molecule has 2 N–H and O–H groups in total. The van der Waals surface area contributed by atoms with Crippen molar-refractivity contribution in [1.29, 1.82) is 0 Å². The summed E-state index contributed by atoms with van der Waals surface area (Å²) in [6, 6.07) is 6.27. The third kappa shape index (κ3) is 3.48. The zero-order chi connectivity index (χ0) is 13.8. The van der Waals surface area contributed by atoms with Gasteiger partial charge in [0.05, 0.1) is 7.11 Å². The van der Waals surface area contributed by atoms with Crippen LogP contribution in [0.3, 0.4) is 0 Å². The Hall–Kier alpha value is -1.06. The summed E-state index contributed by atoms with van der Waals surface area (Å²) >= 11 is 0. The second kappa shape index (κ2) is 6.40. The highest BCUT2D eigenvalue weighted by Crippen LogP contribution is 2.27. The minimum atomic E-state index is 0.0328. The van der Waals surface area contributed by atoms with Crippen molar-refractivity contribution in [3.05, 3.63) is 29.3 Å². The Kier molecular flexibility index (Phi) is 4.83. The second-order valence-corrected chi connectivity index (χ2v) is 5.67. The van der Waals surface area contributed by atoms with Crippen LogP contribution in [0, 0.1) is 12.8 Å². The van der Waals surface area contributed by atoms with Gasteiger partial charge in [0.2, 0.25) is 0 Å². The molecular weight excluding hydrogens is 236 g/mol. The molecule has 0 aliphatic carbocycles. The number of ether oxygens (including phenoxy) is 1. The molecule has 1 aromatic carbocycles. The van der Waals surface area contributed by atoms with Crippen molar-refractivity contribution in [2.45, 2.75) is 32.7 Å². The van der Waals surface area contributed by atoms with E-state index in [0.717, 1.165) is 23.8 Å². The van der Waals surface area contributed by atoms with Crippen LogP contribution in [0.15, 0.2) is 18.2 Å². The number of hydrogen-bond acceptors (Lipinski definition) is 3. The van der Waals surface area contributed by atoms with Crippen LogP contribution in [0.5, 0.6) is 5.75 Å². The van der Waals surface area contributed by atoms with Gasteiger partial charge in [-0.15, -0.1) is 0 Å². The molecule has 0 aromatic heterocycles. The van der Waals surface area contributed by atoms with Crippen molar-refractivity contribution in [3.8, 4) is 5.75 Å². The van der Waals surface area contributed by atoms with Crippen LogP contribution in [0.25, 0.3) is 0 Å². The first kappa shape index (κ1) is 14.4. The molecule has 1 aromatic rings. The summed E-state index contributed by atoms with van der Waals surface area (Å²) in [7, 11) is 1.71. The van der Waals surface area contributed by atoms with Gasteiger partial charge in [-0.2, -0.15) is 0 Å². The molecule has 19 heavy (non-hydrogen) atoms. The van der Waals surface area contributed by atoms with Gasteiger partial charge in [-0.1, -0.05) is 31.0 Å². The van der Waals surface area contributed by atoms with Gasteiger partial charge in [0.25, 0.3) is 0 Å². The minimum absolute atomic E-state index is 0.0328. The van der Waals surface area contributed by atoms with Crippen LogP contribution in [0.4, 0.5) is 0 Å². The number of nitrogens with two attached hydrogens (primary N) is 1. The normalized spacial score (nSPS) is 21.6. The van der Waals surface area contributed by atoms with Crippen molar-refractivity contribution >= 4 is 0 Å². The average Bonchev–Trinajstić information content (AvgIpc) is 2.86. The molecule has 1 saturated heterocycles. The second-order valence-electron chi connectivity index (χ2n) is 5.67. The molecule has 2 unspecified atom stereocenters. The maximum atomic E-state index is 6.39. The molecule has 2 atom stereocenters. The molecule has 0 radical (unpaired) electrons. The van der Waals surface area contributed by atoms with Crippen molar-refractivity contribution in [1.82, 2.24) is 4.90 Å². The van der Waals surface area contributed by atoms with Crippen LogP contribution in [-0.4, -0.2) is 31.6 Å². The predicted molar refractivity (Wildman–Crippen MR) is 79.5 cm³/mol. The van der Waals surface area contributed by atoms with Crippen LogP contribution in [-0.2, 0) is 0 Å². The molecule has 2 rings (SSSR count). The Morgan fingerprint density at radius 2 is 2.26 bits per heavy atom. The van der Waals surface area contributed by atoms with Crippen molar-refractivity contribution in [2.75, 3.05) is 26.7 Å². The average molecular weight is 262 g/mol. The fourth-order valence-electron chi connectivity index (χ4n) is 2.93. The first-order valence-corrected chi connectivity index (χ1v) is 7.26. The molecule has 0 spiro atoms. The standard InChI is InChI=1S/C16H26N2O/c1-4-13-7-8-18(10-13)11-15(17)14-9-12(2)5-6-16(14)19-3/h5-6,9,13,15H,4,7-8,10-11,17H2,1-3H3. The third-order valence-electron chi connectivity index (χ3n) is 4.19. The van der Waals surface area contributed by atoms with E-state index in [0.29, 0.717) is 0 Å². The molecule has 3 nitrogen and oxygen atoms in total. The van der Waals surface area contributed by atoms with Crippen LogP contribution in [0.2, 0.25) is 0 Å². The lowest BCUT2D eigenvalue weighted by Gasteiger charge is -2.22. The fourth-order valence-corrected chi connectivity index (χ4v) is 2.93. The molecule has 0 amide bonds. The van der Waals surface area contributed by atoms with Gasteiger partial charge in [-0.25, -0.2) is 0 Å². The van der Waals surface area contributed by atoms with Gasteiger partial charge in [-0.05, 0) is 31.9 Å². The van der Waals surface area contributed by atoms with Crippen LogP contribution in [0.1, 0.15) is 36.9 Å². The summed E-state index contributed by atoms with van der Waals surface area (Å²) in [5.41, 5.74) is 8.75. The van der Waals surface area contributed by atoms with Crippen molar-refractivity contribution in [2.24, 2.45) is 11.7 Å². The Labute approximate surface area is 116 Å². The summed E-state index contributed by atoms with van der Waals surface area (Å²) in [4.78, 5) is 2.49. The monoisotopic (exact) mass is 262 g/mol. The SMILES string of the molecule is CCC1CCN(CC(N)c2cc(C)ccc2OC)C1. The van der Waals surface area contributed by atoms with Gasteiger partial charge in [0.1, 0.15) is 5.75 Å². The molecule has 1 fully saturated rings. The Bertz CT molecular complexity index is 419. The number of nitrogens with zero attached hydrogens (tertiary/aromatic N) is 1. The molecule has 1 aliphatic heterocycles. The molecule has 1 heterocycles. The van der Waals surface area contributed by atoms with Gasteiger partial charge >= 0.3 is 0 Å². The van der Waals surface area contributed by atoms with E-state index in [2.05, 4.69) is 30.9 Å². The lowest BCUT2D eigenvalue weighted by Crippen LogP contribution is -2.30. The Morgan fingerprint density at radius 1 is 1.47 bits per heavy atom. The quantitative estimate of drug-likeness (QED) is 0.886. The summed E-state index contributed by atoms with van der Waals surface area (Å²) in [6.07, 6.45) is 2.59. The molecule has 3 heteroatoms. The predicted octanol–water partition coefficient (Wildman–Crippen LogP) is 2.74. The van der Waals surface area contributed by atoms with E-state index in [-0.39, 0.29) is 6.04 Å². The fraction of sp³-hybridized carbons (Fsp3) is 0.625. The van der Waals surface area contributed by atoms with Gasteiger partial charge in [0, 0.05) is 24.7 Å². The van der Waals surface area contributed by atoms with Gasteiger partial charge in [-0.3, -0.25) is 0 Å². The van der Waals surface area contributed by atoms with Gasteiger partial charge < -0.3 is 15.4 Å². The van der Waals surface area contributed by atoms with E-state index in [1.807, 2.05) is 6.07 Å².